The van der Waals surface area contributed by atoms with Gasteiger partial charge in [-0.25, -0.2) is 12.8 Å². The Balaban J connectivity index is 2.29. The quantitative estimate of drug-likeness (QED) is 0.607. The largest absolute Gasteiger partial charge is 0.497 e. The van der Waals surface area contributed by atoms with Crippen LogP contribution in [0.25, 0.3) is 0 Å². The lowest BCUT2D eigenvalue weighted by atomic mass is 10.3. The van der Waals surface area contributed by atoms with E-state index in [4.69, 9.17) is 9.47 Å². The summed E-state index contributed by atoms with van der Waals surface area (Å²) in [5.74, 6) is -0.463. The molecule has 0 unspecified atom stereocenters. The fraction of sp³-hybridized carbons (Fsp3) is 0.316. The number of amides is 1. The minimum Gasteiger partial charge on any atom is -0.497 e. The van der Waals surface area contributed by atoms with Crippen molar-refractivity contribution in [2.45, 2.75) is 11.3 Å². The van der Waals surface area contributed by atoms with Crippen molar-refractivity contribution in [2.24, 2.45) is 0 Å². The van der Waals surface area contributed by atoms with Gasteiger partial charge in [-0.3, -0.25) is 9.10 Å². The van der Waals surface area contributed by atoms with Crippen LogP contribution in [0.5, 0.6) is 5.75 Å². The normalized spacial score (nSPS) is 11.1. The molecular formula is C19H23FN2O5S. The van der Waals surface area contributed by atoms with Crippen LogP contribution in [0.15, 0.2) is 53.4 Å². The molecule has 2 rings (SSSR count). The number of hydrogen-bond donors (Lipinski definition) is 1. The van der Waals surface area contributed by atoms with Crippen molar-refractivity contribution in [1.29, 1.82) is 0 Å². The number of rotatable bonds is 10. The van der Waals surface area contributed by atoms with Crippen LogP contribution in [0.2, 0.25) is 0 Å². The Bertz CT molecular complexity index is 870. The van der Waals surface area contributed by atoms with E-state index in [1.54, 1.807) is 19.2 Å². The third-order valence-electron chi connectivity index (χ3n) is 3.90. The number of nitrogens with zero attached hydrogens (tertiary/aromatic N) is 1. The molecule has 1 N–H and O–H groups in total. The summed E-state index contributed by atoms with van der Waals surface area (Å²) in [5, 5.41) is 2.66. The van der Waals surface area contributed by atoms with Crippen LogP contribution in [-0.2, 0) is 19.6 Å². The number of carbonyl (C=O) groups is 1. The maximum atomic E-state index is 13.2. The highest BCUT2D eigenvalue weighted by molar-refractivity contribution is 7.92. The van der Waals surface area contributed by atoms with E-state index >= 15 is 0 Å². The van der Waals surface area contributed by atoms with Crippen LogP contribution in [-0.4, -0.2) is 48.2 Å². The summed E-state index contributed by atoms with van der Waals surface area (Å²) in [6, 6.07) is 10.7. The van der Waals surface area contributed by atoms with Crippen molar-refractivity contribution in [3.05, 3.63) is 54.3 Å². The van der Waals surface area contributed by atoms with Crippen molar-refractivity contribution in [3.63, 3.8) is 0 Å². The molecule has 0 heterocycles. The number of nitrogens with one attached hydrogen (secondary N) is 1. The molecule has 152 valence electrons. The van der Waals surface area contributed by atoms with Gasteiger partial charge in [-0.2, -0.15) is 0 Å². The monoisotopic (exact) mass is 410 g/mol. The van der Waals surface area contributed by atoms with Gasteiger partial charge < -0.3 is 14.8 Å². The Hall–Kier alpha value is -2.65. The molecule has 0 saturated heterocycles. The lowest BCUT2D eigenvalue weighted by Gasteiger charge is -2.24. The van der Waals surface area contributed by atoms with E-state index in [1.807, 2.05) is 0 Å². The second-order valence-electron chi connectivity index (χ2n) is 5.86. The number of benzene rings is 2. The molecule has 28 heavy (non-hydrogen) atoms. The van der Waals surface area contributed by atoms with Gasteiger partial charge in [0, 0.05) is 20.3 Å². The Morgan fingerprint density at radius 3 is 2.29 bits per heavy atom. The third kappa shape index (κ3) is 5.67. The molecule has 0 radical (unpaired) electrons. The lowest BCUT2D eigenvalue weighted by molar-refractivity contribution is -0.119. The molecule has 7 nitrogen and oxygen atoms in total. The van der Waals surface area contributed by atoms with E-state index in [0.29, 0.717) is 25.3 Å². The van der Waals surface area contributed by atoms with Gasteiger partial charge in [0.15, 0.2) is 0 Å². The zero-order chi connectivity index (χ0) is 20.6. The van der Waals surface area contributed by atoms with Crippen LogP contribution < -0.4 is 14.4 Å². The SMILES string of the molecule is COCCCNC(=O)CN(c1ccc(OC)cc1)S(=O)(=O)c1ccc(F)cc1. The van der Waals surface area contributed by atoms with Gasteiger partial charge in [0.05, 0.1) is 17.7 Å². The number of halogens is 1. The summed E-state index contributed by atoms with van der Waals surface area (Å²) < 4.78 is 50.3. The Kier molecular flexibility index (Phi) is 7.77. The van der Waals surface area contributed by atoms with Crippen LogP contribution in [0, 0.1) is 5.82 Å². The van der Waals surface area contributed by atoms with Gasteiger partial charge in [0.2, 0.25) is 5.91 Å². The zero-order valence-electron chi connectivity index (χ0n) is 15.7. The zero-order valence-corrected chi connectivity index (χ0v) is 16.5. The van der Waals surface area contributed by atoms with Crippen molar-refractivity contribution in [1.82, 2.24) is 5.32 Å². The molecule has 2 aromatic rings. The average Bonchev–Trinajstić information content (AvgIpc) is 2.70. The van der Waals surface area contributed by atoms with Gasteiger partial charge in [-0.05, 0) is 55.0 Å². The van der Waals surface area contributed by atoms with E-state index in [2.05, 4.69) is 5.32 Å². The molecule has 0 aliphatic heterocycles. The van der Waals surface area contributed by atoms with Crippen molar-refractivity contribution < 1.29 is 27.1 Å². The molecule has 9 heteroatoms. The Morgan fingerprint density at radius 1 is 1.07 bits per heavy atom. The summed E-state index contributed by atoms with van der Waals surface area (Å²) >= 11 is 0. The Labute approximate surface area is 164 Å². The van der Waals surface area contributed by atoms with Crippen LogP contribution in [0.4, 0.5) is 10.1 Å². The maximum Gasteiger partial charge on any atom is 0.264 e. The molecular weight excluding hydrogens is 387 g/mol. The van der Waals surface area contributed by atoms with Gasteiger partial charge in [-0.15, -0.1) is 0 Å². The number of methoxy groups -OCH3 is 2. The van der Waals surface area contributed by atoms with Crippen molar-refractivity contribution in [3.8, 4) is 5.75 Å². The second kappa shape index (κ2) is 10.0. The summed E-state index contributed by atoms with van der Waals surface area (Å²) in [5.41, 5.74) is 0.289. The van der Waals surface area contributed by atoms with E-state index in [0.717, 1.165) is 28.6 Å². The number of sulfonamides is 1. The highest BCUT2D eigenvalue weighted by Gasteiger charge is 2.27. The molecule has 0 aromatic heterocycles. The van der Waals surface area contributed by atoms with E-state index < -0.39 is 28.3 Å². The predicted molar refractivity (Wildman–Crippen MR) is 103 cm³/mol. The first kappa shape index (κ1) is 21.6. The fourth-order valence-electron chi connectivity index (χ4n) is 2.43. The molecule has 2 aromatic carbocycles. The van der Waals surface area contributed by atoms with E-state index in [1.165, 1.54) is 19.2 Å². The van der Waals surface area contributed by atoms with Gasteiger partial charge in [-0.1, -0.05) is 0 Å². The topological polar surface area (TPSA) is 84.9 Å². The van der Waals surface area contributed by atoms with E-state index in [9.17, 15) is 17.6 Å². The number of ether oxygens (including phenoxy) is 2. The predicted octanol–water partition coefficient (Wildman–Crippen LogP) is 2.18. The average molecular weight is 410 g/mol. The molecule has 0 atom stereocenters. The maximum absolute atomic E-state index is 13.2. The van der Waals surface area contributed by atoms with Crippen LogP contribution in [0.1, 0.15) is 6.42 Å². The highest BCUT2D eigenvalue weighted by atomic mass is 32.2. The summed E-state index contributed by atoms with van der Waals surface area (Å²) in [6.45, 7) is 0.426. The summed E-state index contributed by atoms with van der Waals surface area (Å²) in [6.07, 6.45) is 0.607. The minimum atomic E-state index is -4.08. The lowest BCUT2D eigenvalue weighted by Crippen LogP contribution is -2.41. The van der Waals surface area contributed by atoms with Gasteiger partial charge in [0.25, 0.3) is 10.0 Å². The first-order valence-electron chi connectivity index (χ1n) is 8.56. The number of anilines is 1. The molecule has 0 aliphatic rings. The number of carbonyl (C=O) groups excluding carboxylic acids is 1. The standard InChI is InChI=1S/C19H23FN2O5S/c1-26-13-3-12-21-19(23)14-22(16-6-8-17(27-2)9-7-16)28(24,25)18-10-4-15(20)5-11-18/h4-11H,3,12-14H2,1-2H3,(H,21,23). The van der Waals surface area contributed by atoms with Gasteiger partial charge >= 0.3 is 0 Å². The van der Waals surface area contributed by atoms with Crippen molar-refractivity contribution in [2.75, 3.05) is 38.2 Å². The fourth-order valence-corrected chi connectivity index (χ4v) is 3.85. The molecule has 0 spiro atoms. The van der Waals surface area contributed by atoms with Crippen molar-refractivity contribution >= 4 is 21.6 Å². The van der Waals surface area contributed by atoms with E-state index in [-0.39, 0.29) is 10.6 Å². The highest BCUT2D eigenvalue weighted by Crippen LogP contribution is 2.25. The molecule has 0 aliphatic carbocycles. The summed E-state index contributed by atoms with van der Waals surface area (Å²) in [7, 11) is -1.03. The smallest absolute Gasteiger partial charge is 0.264 e. The van der Waals surface area contributed by atoms with Crippen LogP contribution in [0.3, 0.4) is 0 Å². The first-order chi connectivity index (χ1) is 13.4. The molecule has 0 fully saturated rings. The summed E-state index contributed by atoms with van der Waals surface area (Å²) in [4.78, 5) is 12.2. The Morgan fingerprint density at radius 2 is 1.71 bits per heavy atom. The first-order valence-corrected chi connectivity index (χ1v) is 10.0. The molecule has 0 bridgehead atoms. The minimum absolute atomic E-state index is 0.114. The second-order valence-corrected chi connectivity index (χ2v) is 7.72. The third-order valence-corrected chi connectivity index (χ3v) is 5.68. The van der Waals surface area contributed by atoms with Gasteiger partial charge in [0.1, 0.15) is 18.1 Å². The molecule has 0 saturated carbocycles. The number of hydrogen-bond acceptors (Lipinski definition) is 5. The van der Waals surface area contributed by atoms with Crippen LogP contribution >= 0.6 is 0 Å². The molecule has 1 amide bonds.